The summed E-state index contributed by atoms with van der Waals surface area (Å²) in [6.07, 6.45) is 1.03. The molecule has 1 N–H and O–H groups in total. The highest BCUT2D eigenvalue weighted by atomic mass is 35.5. The van der Waals surface area contributed by atoms with Crippen LogP contribution >= 0.6 is 11.6 Å². The van der Waals surface area contributed by atoms with Gasteiger partial charge >= 0.3 is 0 Å². The van der Waals surface area contributed by atoms with Gasteiger partial charge in [0, 0.05) is 17.3 Å². The fourth-order valence-electron chi connectivity index (χ4n) is 1.24. The van der Waals surface area contributed by atoms with Crippen molar-refractivity contribution >= 4 is 17.3 Å². The maximum absolute atomic E-state index is 13.0. The predicted molar refractivity (Wildman–Crippen MR) is 64.0 cm³/mol. The number of benzene rings is 1. The minimum absolute atomic E-state index is 0.282. The molecule has 0 atom stereocenters. The fraction of sp³-hybridized carbons (Fsp3) is 0.500. The monoisotopic (exact) mass is 229 g/mol. The molecule has 0 saturated carbocycles. The molecule has 0 aliphatic rings. The molecule has 0 aliphatic carbocycles. The molecule has 0 fully saturated rings. The number of halogens is 2. The quantitative estimate of drug-likeness (QED) is 0.814. The Hall–Kier alpha value is -0.760. The summed E-state index contributed by atoms with van der Waals surface area (Å²) in [4.78, 5) is 0. The zero-order valence-electron chi connectivity index (χ0n) is 9.40. The Bertz CT molecular complexity index is 311. The second kappa shape index (κ2) is 4.84. The Kier molecular flexibility index (Phi) is 3.97. The molecule has 0 heterocycles. The van der Waals surface area contributed by atoms with Crippen LogP contribution in [0.1, 0.15) is 27.2 Å². The van der Waals surface area contributed by atoms with E-state index in [1.807, 2.05) is 0 Å². The second-order valence-electron chi connectivity index (χ2n) is 4.90. The molecule has 0 aromatic heterocycles. The van der Waals surface area contributed by atoms with E-state index in [2.05, 4.69) is 26.1 Å². The van der Waals surface area contributed by atoms with Crippen LogP contribution in [0.15, 0.2) is 18.2 Å². The Balaban J connectivity index is 2.51. The molecular formula is C12H17ClFN. The highest BCUT2D eigenvalue weighted by Crippen LogP contribution is 2.21. The Morgan fingerprint density at radius 1 is 1.27 bits per heavy atom. The number of nitrogens with one attached hydrogen (secondary N) is 1. The third-order valence-electron chi connectivity index (χ3n) is 2.07. The Labute approximate surface area is 95.6 Å². The second-order valence-corrected chi connectivity index (χ2v) is 5.33. The van der Waals surface area contributed by atoms with Gasteiger partial charge in [0.05, 0.1) is 0 Å². The topological polar surface area (TPSA) is 12.0 Å². The van der Waals surface area contributed by atoms with Crippen LogP contribution < -0.4 is 5.32 Å². The SMILES string of the molecule is CC(C)(C)CCNc1cc(F)cc(Cl)c1. The van der Waals surface area contributed by atoms with E-state index in [9.17, 15) is 4.39 Å². The van der Waals surface area contributed by atoms with Crippen LogP contribution in [0.25, 0.3) is 0 Å². The largest absolute Gasteiger partial charge is 0.385 e. The molecular weight excluding hydrogens is 213 g/mol. The zero-order valence-corrected chi connectivity index (χ0v) is 10.2. The van der Waals surface area contributed by atoms with Crippen LogP contribution in [-0.2, 0) is 0 Å². The molecule has 0 aliphatic heterocycles. The first-order chi connectivity index (χ1) is 6.87. The minimum Gasteiger partial charge on any atom is -0.385 e. The third kappa shape index (κ3) is 5.03. The highest BCUT2D eigenvalue weighted by Gasteiger charge is 2.09. The lowest BCUT2D eigenvalue weighted by Gasteiger charge is -2.18. The van der Waals surface area contributed by atoms with E-state index in [1.54, 1.807) is 6.07 Å². The summed E-state index contributed by atoms with van der Waals surface area (Å²) in [5.41, 5.74) is 1.02. The normalized spacial score (nSPS) is 11.5. The fourth-order valence-corrected chi connectivity index (χ4v) is 1.46. The standard InChI is InChI=1S/C12H17ClFN/c1-12(2,3)4-5-15-11-7-9(13)6-10(14)8-11/h6-8,15H,4-5H2,1-3H3. The van der Waals surface area contributed by atoms with Crippen LogP contribution in [-0.4, -0.2) is 6.54 Å². The molecule has 3 heteroatoms. The smallest absolute Gasteiger partial charge is 0.126 e. The first kappa shape index (κ1) is 12.3. The van der Waals surface area contributed by atoms with E-state index in [0.717, 1.165) is 18.7 Å². The third-order valence-corrected chi connectivity index (χ3v) is 2.28. The Morgan fingerprint density at radius 3 is 2.47 bits per heavy atom. The van der Waals surface area contributed by atoms with Crippen molar-refractivity contribution in [1.29, 1.82) is 0 Å². The average Bonchev–Trinajstić information content (AvgIpc) is 1.99. The van der Waals surface area contributed by atoms with Gasteiger partial charge in [0.15, 0.2) is 0 Å². The van der Waals surface area contributed by atoms with Gasteiger partial charge in [-0.15, -0.1) is 0 Å². The van der Waals surface area contributed by atoms with Gasteiger partial charge in [0.2, 0.25) is 0 Å². The van der Waals surface area contributed by atoms with Gasteiger partial charge in [-0.3, -0.25) is 0 Å². The molecule has 0 saturated heterocycles. The van der Waals surface area contributed by atoms with Crippen LogP contribution in [0.2, 0.25) is 5.02 Å². The zero-order chi connectivity index (χ0) is 11.5. The molecule has 84 valence electrons. The maximum atomic E-state index is 13.0. The van der Waals surface area contributed by atoms with E-state index in [4.69, 9.17) is 11.6 Å². The van der Waals surface area contributed by atoms with Crippen LogP contribution in [0.5, 0.6) is 0 Å². The van der Waals surface area contributed by atoms with Gasteiger partial charge in [-0.25, -0.2) is 4.39 Å². The molecule has 1 nitrogen and oxygen atoms in total. The van der Waals surface area contributed by atoms with Crippen molar-refractivity contribution in [3.63, 3.8) is 0 Å². The first-order valence-corrected chi connectivity index (χ1v) is 5.45. The van der Waals surface area contributed by atoms with E-state index >= 15 is 0 Å². The predicted octanol–water partition coefficient (Wildman–Crippen LogP) is 4.33. The van der Waals surface area contributed by atoms with Crippen molar-refractivity contribution < 1.29 is 4.39 Å². The molecule has 1 aromatic rings. The van der Waals surface area contributed by atoms with Crippen molar-refractivity contribution in [3.8, 4) is 0 Å². The summed E-state index contributed by atoms with van der Waals surface area (Å²) in [6, 6.07) is 4.48. The summed E-state index contributed by atoms with van der Waals surface area (Å²) in [7, 11) is 0. The van der Waals surface area contributed by atoms with Gasteiger partial charge in [0.1, 0.15) is 5.82 Å². The molecule has 0 unspecified atom stereocenters. The first-order valence-electron chi connectivity index (χ1n) is 5.07. The lowest BCUT2D eigenvalue weighted by Crippen LogP contribution is -2.12. The summed E-state index contributed by atoms with van der Waals surface area (Å²) in [5.74, 6) is -0.305. The van der Waals surface area contributed by atoms with E-state index in [-0.39, 0.29) is 11.2 Å². The summed E-state index contributed by atoms with van der Waals surface area (Å²) >= 11 is 5.74. The highest BCUT2D eigenvalue weighted by molar-refractivity contribution is 6.30. The van der Waals surface area contributed by atoms with E-state index in [1.165, 1.54) is 12.1 Å². The number of rotatable bonds is 3. The molecule has 1 aromatic carbocycles. The summed E-state index contributed by atoms with van der Waals surface area (Å²) in [6.45, 7) is 7.34. The van der Waals surface area contributed by atoms with Gasteiger partial charge in [-0.05, 0) is 30.0 Å². The van der Waals surface area contributed by atoms with Crippen LogP contribution in [0.3, 0.4) is 0 Å². The Morgan fingerprint density at radius 2 is 1.93 bits per heavy atom. The van der Waals surface area contributed by atoms with Crippen molar-refractivity contribution in [2.45, 2.75) is 27.2 Å². The molecule has 1 rings (SSSR count). The van der Waals surface area contributed by atoms with Gasteiger partial charge < -0.3 is 5.32 Å². The minimum atomic E-state index is -0.305. The lowest BCUT2D eigenvalue weighted by atomic mass is 9.92. The molecule has 15 heavy (non-hydrogen) atoms. The summed E-state index contributed by atoms with van der Waals surface area (Å²) in [5, 5.41) is 3.58. The number of hydrogen-bond donors (Lipinski definition) is 1. The lowest BCUT2D eigenvalue weighted by molar-refractivity contribution is 0.390. The number of hydrogen-bond acceptors (Lipinski definition) is 1. The van der Waals surface area contributed by atoms with Crippen molar-refractivity contribution in [2.75, 3.05) is 11.9 Å². The molecule has 0 amide bonds. The van der Waals surface area contributed by atoms with Crippen molar-refractivity contribution in [1.82, 2.24) is 0 Å². The van der Waals surface area contributed by atoms with E-state index in [0.29, 0.717) is 5.02 Å². The molecule has 0 spiro atoms. The average molecular weight is 230 g/mol. The van der Waals surface area contributed by atoms with Gasteiger partial charge in [-0.1, -0.05) is 32.4 Å². The van der Waals surface area contributed by atoms with Crippen LogP contribution in [0.4, 0.5) is 10.1 Å². The number of anilines is 1. The van der Waals surface area contributed by atoms with Crippen molar-refractivity contribution in [3.05, 3.63) is 29.0 Å². The van der Waals surface area contributed by atoms with Gasteiger partial charge in [-0.2, -0.15) is 0 Å². The van der Waals surface area contributed by atoms with Crippen molar-refractivity contribution in [2.24, 2.45) is 5.41 Å². The molecule has 0 radical (unpaired) electrons. The maximum Gasteiger partial charge on any atom is 0.126 e. The van der Waals surface area contributed by atoms with Gasteiger partial charge in [0.25, 0.3) is 0 Å². The molecule has 0 bridgehead atoms. The van der Waals surface area contributed by atoms with Crippen LogP contribution in [0, 0.1) is 11.2 Å². The summed E-state index contributed by atoms with van der Waals surface area (Å²) < 4.78 is 13.0. The van der Waals surface area contributed by atoms with E-state index < -0.39 is 0 Å².